The van der Waals surface area contributed by atoms with Crippen molar-refractivity contribution in [2.75, 3.05) is 33.3 Å². The highest BCUT2D eigenvalue weighted by Crippen LogP contribution is 2.27. The van der Waals surface area contributed by atoms with Crippen molar-refractivity contribution >= 4 is 17.2 Å². The Labute approximate surface area is 169 Å². The maximum atomic E-state index is 12.6. The molecule has 144 valence electrons. The number of hydrogen-bond acceptors (Lipinski definition) is 5. The van der Waals surface area contributed by atoms with Crippen LogP contribution in [0.4, 0.5) is 0 Å². The molecule has 4 rings (SSSR count). The van der Waals surface area contributed by atoms with Crippen molar-refractivity contribution in [1.82, 2.24) is 14.8 Å². The average Bonchev–Trinajstić information content (AvgIpc) is 3.23. The van der Waals surface area contributed by atoms with Crippen LogP contribution >= 0.6 is 11.3 Å². The minimum atomic E-state index is 0.120. The highest BCUT2D eigenvalue weighted by atomic mass is 32.1. The molecule has 0 unspecified atom stereocenters. The van der Waals surface area contributed by atoms with Gasteiger partial charge in [0.1, 0.15) is 10.8 Å². The minimum Gasteiger partial charge on any atom is -0.497 e. The zero-order chi connectivity index (χ0) is 19.3. The van der Waals surface area contributed by atoms with Crippen LogP contribution in [0, 0.1) is 0 Å². The summed E-state index contributed by atoms with van der Waals surface area (Å²) >= 11 is 1.66. The molecule has 28 heavy (non-hydrogen) atoms. The molecule has 6 heteroatoms. The Morgan fingerprint density at radius 2 is 1.86 bits per heavy atom. The summed E-state index contributed by atoms with van der Waals surface area (Å²) in [6.45, 7) is 4.05. The second-order valence-corrected chi connectivity index (χ2v) is 7.67. The van der Waals surface area contributed by atoms with Gasteiger partial charge in [-0.05, 0) is 24.3 Å². The number of amides is 1. The molecule has 0 bridgehead atoms. The second kappa shape index (κ2) is 8.54. The number of nitrogens with zero attached hydrogens (tertiary/aromatic N) is 3. The van der Waals surface area contributed by atoms with Crippen LogP contribution in [0.1, 0.15) is 16.1 Å². The van der Waals surface area contributed by atoms with Gasteiger partial charge < -0.3 is 9.64 Å². The lowest BCUT2D eigenvalue weighted by molar-refractivity contribution is 0.0627. The summed E-state index contributed by atoms with van der Waals surface area (Å²) < 4.78 is 5.30. The molecule has 0 radical (unpaired) electrons. The van der Waals surface area contributed by atoms with E-state index >= 15 is 0 Å². The first-order valence-corrected chi connectivity index (χ1v) is 10.3. The monoisotopic (exact) mass is 393 g/mol. The Morgan fingerprint density at radius 1 is 1.07 bits per heavy atom. The molecule has 0 saturated carbocycles. The highest BCUT2D eigenvalue weighted by molar-refractivity contribution is 7.13. The predicted octanol–water partition coefficient (Wildman–Crippen LogP) is 3.78. The molecule has 0 spiro atoms. The van der Waals surface area contributed by atoms with Crippen molar-refractivity contribution in [3.05, 3.63) is 71.2 Å². The molecule has 1 amide bonds. The van der Waals surface area contributed by atoms with E-state index in [1.54, 1.807) is 18.4 Å². The summed E-state index contributed by atoms with van der Waals surface area (Å²) in [7, 11) is 1.68. The van der Waals surface area contributed by atoms with Gasteiger partial charge in [0, 0.05) is 49.2 Å². The van der Waals surface area contributed by atoms with Gasteiger partial charge in [0.15, 0.2) is 0 Å². The van der Waals surface area contributed by atoms with Gasteiger partial charge in [0.2, 0.25) is 0 Å². The van der Waals surface area contributed by atoms with E-state index in [1.165, 1.54) is 0 Å². The van der Waals surface area contributed by atoms with E-state index in [-0.39, 0.29) is 5.91 Å². The predicted molar refractivity (Wildman–Crippen MR) is 112 cm³/mol. The second-order valence-electron chi connectivity index (χ2n) is 6.81. The summed E-state index contributed by atoms with van der Waals surface area (Å²) in [5, 5.41) is 3.13. The average molecular weight is 394 g/mol. The quantitative estimate of drug-likeness (QED) is 0.662. The highest BCUT2D eigenvalue weighted by Gasteiger charge is 2.22. The van der Waals surface area contributed by atoms with Gasteiger partial charge in [-0.3, -0.25) is 9.69 Å². The maximum absolute atomic E-state index is 12.6. The number of hydrogen-bond donors (Lipinski definition) is 0. The standard InChI is InChI=1S/C22H23N3O2S/c1-27-20-9-5-8-18(14-20)21-23-19(16-28-21)15-24-10-12-25(13-11-24)22(26)17-6-3-2-4-7-17/h2-9,14,16H,10-13,15H2,1H3. The topological polar surface area (TPSA) is 45.7 Å². The fraction of sp³-hybridized carbons (Fsp3) is 0.273. The van der Waals surface area contributed by atoms with Crippen LogP contribution in [-0.2, 0) is 6.54 Å². The van der Waals surface area contributed by atoms with Crippen LogP contribution in [0.25, 0.3) is 10.6 Å². The Balaban J connectivity index is 1.34. The van der Waals surface area contributed by atoms with Crippen molar-refractivity contribution in [3.8, 4) is 16.3 Å². The summed E-state index contributed by atoms with van der Waals surface area (Å²) in [6, 6.07) is 17.5. The van der Waals surface area contributed by atoms with Crippen LogP contribution in [0.15, 0.2) is 60.0 Å². The van der Waals surface area contributed by atoms with Crippen molar-refractivity contribution < 1.29 is 9.53 Å². The van der Waals surface area contributed by atoms with E-state index in [0.717, 1.165) is 60.3 Å². The number of piperazine rings is 1. The van der Waals surface area contributed by atoms with E-state index < -0.39 is 0 Å². The molecule has 1 saturated heterocycles. The molecular weight excluding hydrogens is 370 g/mol. The fourth-order valence-corrected chi connectivity index (χ4v) is 4.18. The first kappa shape index (κ1) is 18.7. The lowest BCUT2D eigenvalue weighted by Gasteiger charge is -2.34. The zero-order valence-electron chi connectivity index (χ0n) is 15.9. The smallest absolute Gasteiger partial charge is 0.253 e. The van der Waals surface area contributed by atoms with Crippen molar-refractivity contribution in [3.63, 3.8) is 0 Å². The van der Waals surface area contributed by atoms with Crippen molar-refractivity contribution in [2.45, 2.75) is 6.54 Å². The Bertz CT molecular complexity index is 934. The normalized spacial score (nSPS) is 14.8. The third-order valence-electron chi connectivity index (χ3n) is 4.93. The van der Waals surface area contributed by atoms with E-state index in [2.05, 4.69) is 16.3 Å². The number of thiazole rings is 1. The van der Waals surface area contributed by atoms with Gasteiger partial charge in [-0.2, -0.15) is 0 Å². The van der Waals surface area contributed by atoms with Crippen LogP contribution in [0.5, 0.6) is 5.75 Å². The Kier molecular flexibility index (Phi) is 5.69. The Morgan fingerprint density at radius 3 is 2.61 bits per heavy atom. The van der Waals surface area contributed by atoms with Crippen LogP contribution in [-0.4, -0.2) is 54.0 Å². The maximum Gasteiger partial charge on any atom is 0.253 e. The van der Waals surface area contributed by atoms with Crippen LogP contribution in [0.2, 0.25) is 0 Å². The summed E-state index contributed by atoms with van der Waals surface area (Å²) in [6.07, 6.45) is 0. The molecule has 3 aromatic rings. The molecule has 1 aromatic heterocycles. The SMILES string of the molecule is COc1cccc(-c2nc(CN3CCN(C(=O)c4ccccc4)CC3)cs2)c1. The molecule has 0 atom stereocenters. The minimum absolute atomic E-state index is 0.120. The molecule has 1 aliphatic heterocycles. The van der Waals surface area contributed by atoms with Gasteiger partial charge in [-0.25, -0.2) is 4.98 Å². The molecule has 1 fully saturated rings. The largest absolute Gasteiger partial charge is 0.497 e. The molecule has 1 aliphatic rings. The first-order chi connectivity index (χ1) is 13.7. The number of methoxy groups -OCH3 is 1. The van der Waals surface area contributed by atoms with Crippen LogP contribution < -0.4 is 4.74 Å². The number of ether oxygens (including phenoxy) is 1. The Hall–Kier alpha value is -2.70. The molecule has 0 N–H and O–H groups in total. The lowest BCUT2D eigenvalue weighted by Crippen LogP contribution is -2.48. The zero-order valence-corrected chi connectivity index (χ0v) is 16.7. The van der Waals surface area contributed by atoms with Gasteiger partial charge in [-0.15, -0.1) is 11.3 Å². The number of aromatic nitrogens is 1. The van der Waals surface area contributed by atoms with Crippen molar-refractivity contribution in [2.24, 2.45) is 0 Å². The number of carbonyl (C=O) groups excluding carboxylic acids is 1. The third-order valence-corrected chi connectivity index (χ3v) is 5.87. The lowest BCUT2D eigenvalue weighted by atomic mass is 10.2. The third kappa shape index (κ3) is 4.24. The van der Waals surface area contributed by atoms with Gasteiger partial charge in [0.05, 0.1) is 12.8 Å². The fourth-order valence-electron chi connectivity index (χ4n) is 3.37. The molecule has 2 heterocycles. The number of carbonyl (C=O) groups is 1. The van der Waals surface area contributed by atoms with E-state index in [4.69, 9.17) is 9.72 Å². The van der Waals surface area contributed by atoms with E-state index in [1.807, 2.05) is 53.4 Å². The number of benzene rings is 2. The molecular formula is C22H23N3O2S. The summed E-state index contributed by atoms with van der Waals surface area (Å²) in [5.74, 6) is 0.961. The van der Waals surface area contributed by atoms with E-state index in [9.17, 15) is 4.79 Å². The summed E-state index contributed by atoms with van der Waals surface area (Å²) in [5.41, 5.74) is 2.91. The first-order valence-electron chi connectivity index (χ1n) is 9.38. The molecule has 5 nitrogen and oxygen atoms in total. The number of rotatable bonds is 5. The van der Waals surface area contributed by atoms with Gasteiger partial charge >= 0.3 is 0 Å². The van der Waals surface area contributed by atoms with Gasteiger partial charge in [0.25, 0.3) is 5.91 Å². The van der Waals surface area contributed by atoms with Gasteiger partial charge in [-0.1, -0.05) is 30.3 Å². The van der Waals surface area contributed by atoms with Crippen LogP contribution in [0.3, 0.4) is 0 Å². The van der Waals surface area contributed by atoms with E-state index in [0.29, 0.717) is 0 Å². The molecule has 0 aliphatic carbocycles. The van der Waals surface area contributed by atoms with Crippen molar-refractivity contribution in [1.29, 1.82) is 0 Å². The summed E-state index contributed by atoms with van der Waals surface area (Å²) in [4.78, 5) is 21.7. The molecule has 2 aromatic carbocycles.